The summed E-state index contributed by atoms with van der Waals surface area (Å²) >= 11 is 0. The standard InChI is InChI=1S/C16H23F2NO/c1-2-20-16(6-4-3-5-7-16)15(19)10-12-8-13(17)11-14(18)9-12/h8-9,11,15H,2-7,10,19H2,1H3. The van der Waals surface area contributed by atoms with Gasteiger partial charge in [-0.1, -0.05) is 19.3 Å². The van der Waals surface area contributed by atoms with Crippen LogP contribution in [-0.2, 0) is 11.2 Å². The van der Waals surface area contributed by atoms with E-state index in [4.69, 9.17) is 10.5 Å². The maximum absolute atomic E-state index is 13.3. The van der Waals surface area contributed by atoms with Crippen LogP contribution in [0.2, 0.25) is 0 Å². The van der Waals surface area contributed by atoms with E-state index in [1.807, 2.05) is 6.92 Å². The van der Waals surface area contributed by atoms with Crippen molar-refractivity contribution in [1.82, 2.24) is 0 Å². The normalized spacial score (nSPS) is 19.8. The Morgan fingerprint density at radius 3 is 2.30 bits per heavy atom. The smallest absolute Gasteiger partial charge is 0.126 e. The van der Waals surface area contributed by atoms with E-state index in [2.05, 4.69) is 0 Å². The molecule has 20 heavy (non-hydrogen) atoms. The van der Waals surface area contributed by atoms with Gasteiger partial charge in [-0.2, -0.15) is 0 Å². The molecule has 1 aliphatic carbocycles. The fourth-order valence-electron chi connectivity index (χ4n) is 3.23. The summed E-state index contributed by atoms with van der Waals surface area (Å²) < 4.78 is 32.5. The molecule has 112 valence electrons. The quantitative estimate of drug-likeness (QED) is 0.896. The van der Waals surface area contributed by atoms with E-state index in [1.165, 1.54) is 18.6 Å². The van der Waals surface area contributed by atoms with Crippen LogP contribution >= 0.6 is 0 Å². The summed E-state index contributed by atoms with van der Waals surface area (Å²) in [6.07, 6.45) is 5.71. The molecule has 1 saturated carbocycles. The first-order valence-electron chi connectivity index (χ1n) is 7.40. The van der Waals surface area contributed by atoms with Gasteiger partial charge < -0.3 is 10.5 Å². The number of hydrogen-bond acceptors (Lipinski definition) is 2. The second-order valence-corrected chi connectivity index (χ2v) is 5.65. The lowest BCUT2D eigenvalue weighted by molar-refractivity contribution is -0.0817. The molecule has 1 fully saturated rings. The highest BCUT2D eigenvalue weighted by molar-refractivity contribution is 5.20. The zero-order chi connectivity index (χ0) is 14.6. The third kappa shape index (κ3) is 3.55. The third-order valence-corrected chi connectivity index (χ3v) is 4.19. The van der Waals surface area contributed by atoms with Crippen molar-refractivity contribution in [3.63, 3.8) is 0 Å². The average Bonchev–Trinajstić information content (AvgIpc) is 2.38. The molecule has 0 aliphatic heterocycles. The van der Waals surface area contributed by atoms with Gasteiger partial charge in [-0.25, -0.2) is 8.78 Å². The van der Waals surface area contributed by atoms with Gasteiger partial charge in [-0.15, -0.1) is 0 Å². The Morgan fingerprint density at radius 1 is 1.15 bits per heavy atom. The molecule has 0 amide bonds. The fourth-order valence-corrected chi connectivity index (χ4v) is 3.23. The molecule has 0 radical (unpaired) electrons. The van der Waals surface area contributed by atoms with Crippen molar-refractivity contribution in [2.24, 2.45) is 5.73 Å². The van der Waals surface area contributed by atoms with Crippen molar-refractivity contribution >= 4 is 0 Å². The molecule has 2 N–H and O–H groups in total. The summed E-state index contributed by atoms with van der Waals surface area (Å²) in [7, 11) is 0. The summed E-state index contributed by atoms with van der Waals surface area (Å²) in [4.78, 5) is 0. The summed E-state index contributed by atoms with van der Waals surface area (Å²) in [6.45, 7) is 2.58. The Bertz CT molecular complexity index is 418. The number of benzene rings is 1. The minimum absolute atomic E-state index is 0.232. The molecule has 1 aliphatic rings. The lowest BCUT2D eigenvalue weighted by Crippen LogP contribution is -2.52. The Morgan fingerprint density at radius 2 is 1.75 bits per heavy atom. The minimum Gasteiger partial charge on any atom is -0.374 e. The molecule has 2 nitrogen and oxygen atoms in total. The highest BCUT2D eigenvalue weighted by Gasteiger charge is 2.38. The van der Waals surface area contributed by atoms with Gasteiger partial charge in [0, 0.05) is 18.7 Å². The van der Waals surface area contributed by atoms with E-state index < -0.39 is 11.6 Å². The van der Waals surface area contributed by atoms with E-state index in [-0.39, 0.29) is 11.6 Å². The molecular formula is C16H23F2NO. The zero-order valence-corrected chi connectivity index (χ0v) is 12.0. The second kappa shape index (κ2) is 6.64. The van der Waals surface area contributed by atoms with E-state index in [1.54, 1.807) is 0 Å². The van der Waals surface area contributed by atoms with Gasteiger partial charge in [-0.3, -0.25) is 0 Å². The number of halogens is 2. The fraction of sp³-hybridized carbons (Fsp3) is 0.625. The average molecular weight is 283 g/mol. The van der Waals surface area contributed by atoms with E-state index in [9.17, 15) is 8.78 Å². The molecule has 0 bridgehead atoms. The molecule has 0 saturated heterocycles. The van der Waals surface area contributed by atoms with Crippen LogP contribution in [0.1, 0.15) is 44.6 Å². The molecule has 1 aromatic rings. The zero-order valence-electron chi connectivity index (χ0n) is 12.0. The molecule has 2 rings (SSSR count). The van der Waals surface area contributed by atoms with E-state index >= 15 is 0 Å². The number of nitrogens with two attached hydrogens (primary N) is 1. The Kier molecular flexibility index (Phi) is 5.11. The van der Waals surface area contributed by atoms with Gasteiger partial charge in [0.25, 0.3) is 0 Å². The maximum Gasteiger partial charge on any atom is 0.126 e. The largest absolute Gasteiger partial charge is 0.374 e. The lowest BCUT2D eigenvalue weighted by Gasteiger charge is -2.41. The van der Waals surface area contributed by atoms with Gasteiger partial charge in [-0.05, 0) is 43.9 Å². The summed E-state index contributed by atoms with van der Waals surface area (Å²) in [6, 6.07) is 3.36. The van der Waals surface area contributed by atoms with Crippen LogP contribution in [0.15, 0.2) is 18.2 Å². The van der Waals surface area contributed by atoms with Crippen LogP contribution in [0, 0.1) is 11.6 Å². The molecule has 0 aromatic heterocycles. The van der Waals surface area contributed by atoms with E-state index in [0.717, 1.165) is 31.7 Å². The van der Waals surface area contributed by atoms with Crippen LogP contribution in [0.3, 0.4) is 0 Å². The number of ether oxygens (including phenoxy) is 1. The van der Waals surface area contributed by atoms with Crippen LogP contribution < -0.4 is 5.73 Å². The molecule has 0 heterocycles. The topological polar surface area (TPSA) is 35.2 Å². The lowest BCUT2D eigenvalue weighted by atomic mass is 9.77. The first-order valence-corrected chi connectivity index (χ1v) is 7.40. The first kappa shape index (κ1) is 15.4. The monoisotopic (exact) mass is 283 g/mol. The molecule has 4 heteroatoms. The highest BCUT2D eigenvalue weighted by Crippen LogP contribution is 2.35. The molecule has 1 unspecified atom stereocenters. The molecule has 1 aromatic carbocycles. The van der Waals surface area contributed by atoms with Gasteiger partial charge in [0.2, 0.25) is 0 Å². The van der Waals surface area contributed by atoms with Crippen molar-refractivity contribution in [1.29, 1.82) is 0 Å². The van der Waals surface area contributed by atoms with Gasteiger partial charge >= 0.3 is 0 Å². The van der Waals surface area contributed by atoms with Crippen LogP contribution in [-0.4, -0.2) is 18.2 Å². The highest BCUT2D eigenvalue weighted by atomic mass is 19.1. The second-order valence-electron chi connectivity index (χ2n) is 5.65. The molecule has 1 atom stereocenters. The van der Waals surface area contributed by atoms with Crippen LogP contribution in [0.5, 0.6) is 0 Å². The number of hydrogen-bond donors (Lipinski definition) is 1. The van der Waals surface area contributed by atoms with Crippen molar-refractivity contribution in [2.75, 3.05) is 6.61 Å². The van der Waals surface area contributed by atoms with Gasteiger partial charge in [0.1, 0.15) is 11.6 Å². The minimum atomic E-state index is -0.554. The predicted octanol–water partition coefficient (Wildman–Crippen LogP) is 3.57. The van der Waals surface area contributed by atoms with Crippen LogP contribution in [0.25, 0.3) is 0 Å². The van der Waals surface area contributed by atoms with Crippen molar-refractivity contribution in [3.05, 3.63) is 35.4 Å². The Balaban J connectivity index is 2.13. The predicted molar refractivity (Wildman–Crippen MR) is 75.5 cm³/mol. The number of rotatable bonds is 5. The van der Waals surface area contributed by atoms with Crippen molar-refractivity contribution in [2.45, 2.75) is 57.1 Å². The van der Waals surface area contributed by atoms with E-state index in [0.29, 0.717) is 18.6 Å². The Hall–Kier alpha value is -1.00. The molecular weight excluding hydrogens is 260 g/mol. The van der Waals surface area contributed by atoms with Crippen molar-refractivity contribution in [3.8, 4) is 0 Å². The SMILES string of the molecule is CCOC1(C(N)Cc2cc(F)cc(F)c2)CCCCC1. The molecule has 0 spiro atoms. The summed E-state index contributed by atoms with van der Waals surface area (Å²) in [5, 5.41) is 0. The van der Waals surface area contributed by atoms with Crippen LogP contribution in [0.4, 0.5) is 8.78 Å². The third-order valence-electron chi connectivity index (χ3n) is 4.19. The maximum atomic E-state index is 13.3. The summed E-state index contributed by atoms with van der Waals surface area (Å²) in [5.74, 6) is -1.11. The first-order chi connectivity index (χ1) is 9.55. The van der Waals surface area contributed by atoms with Crippen molar-refractivity contribution < 1.29 is 13.5 Å². The Labute approximate surface area is 119 Å². The van der Waals surface area contributed by atoms with Gasteiger partial charge in [0.15, 0.2) is 0 Å². The summed E-state index contributed by atoms with van der Waals surface area (Å²) in [5.41, 5.74) is 6.59. The van der Waals surface area contributed by atoms with Gasteiger partial charge in [0.05, 0.1) is 5.60 Å².